The van der Waals surface area contributed by atoms with Crippen LogP contribution < -0.4 is 10.6 Å². The van der Waals surface area contributed by atoms with Crippen molar-refractivity contribution in [3.8, 4) is 0 Å². The Hall–Kier alpha value is -1.02. The van der Waals surface area contributed by atoms with E-state index in [2.05, 4.69) is 49.9 Å². The Bertz CT molecular complexity index is 301. The van der Waals surface area contributed by atoms with Crippen LogP contribution in [-0.4, -0.2) is 13.1 Å². The maximum atomic E-state index is 5.84. The molecule has 0 bridgehead atoms. The van der Waals surface area contributed by atoms with Gasteiger partial charge in [-0.05, 0) is 37.5 Å². The van der Waals surface area contributed by atoms with Gasteiger partial charge >= 0.3 is 0 Å². The lowest BCUT2D eigenvalue weighted by Gasteiger charge is -2.25. The molecule has 0 radical (unpaired) electrons. The summed E-state index contributed by atoms with van der Waals surface area (Å²) < 4.78 is 0. The Balaban J connectivity index is 2.78. The Morgan fingerprint density at radius 2 is 1.69 bits per heavy atom. The second kappa shape index (κ2) is 5.90. The molecule has 16 heavy (non-hydrogen) atoms. The van der Waals surface area contributed by atoms with Crippen molar-refractivity contribution >= 4 is 5.69 Å². The third-order valence-electron chi connectivity index (χ3n) is 2.75. The molecule has 0 aromatic heterocycles. The standard InChI is InChI=1S/C14H24N2/c1-5-16(10-11(2)3)14-8-6-13(7-9-14)12(4)15/h6-9,11-12H,5,10,15H2,1-4H3/t12-/m1/s1. The number of anilines is 1. The SMILES string of the molecule is CCN(CC(C)C)c1ccc([C@@H](C)N)cc1. The molecule has 0 amide bonds. The van der Waals surface area contributed by atoms with Gasteiger partial charge in [-0.15, -0.1) is 0 Å². The van der Waals surface area contributed by atoms with E-state index in [-0.39, 0.29) is 6.04 Å². The van der Waals surface area contributed by atoms with Crippen LogP contribution >= 0.6 is 0 Å². The lowest BCUT2D eigenvalue weighted by molar-refractivity contribution is 0.618. The maximum absolute atomic E-state index is 5.84. The Labute approximate surface area is 99.5 Å². The molecule has 1 atom stereocenters. The van der Waals surface area contributed by atoms with Gasteiger partial charge in [-0.25, -0.2) is 0 Å². The normalized spacial score (nSPS) is 12.9. The minimum atomic E-state index is 0.120. The predicted molar refractivity (Wildman–Crippen MR) is 71.8 cm³/mol. The fourth-order valence-electron chi connectivity index (χ4n) is 1.85. The van der Waals surface area contributed by atoms with E-state index in [9.17, 15) is 0 Å². The van der Waals surface area contributed by atoms with Gasteiger partial charge in [0.15, 0.2) is 0 Å². The van der Waals surface area contributed by atoms with Crippen LogP contribution in [0.3, 0.4) is 0 Å². The molecule has 0 unspecified atom stereocenters. The van der Waals surface area contributed by atoms with Crippen LogP contribution in [-0.2, 0) is 0 Å². The summed E-state index contributed by atoms with van der Waals surface area (Å²) in [6, 6.07) is 8.72. The molecule has 0 aliphatic carbocycles. The highest BCUT2D eigenvalue weighted by Crippen LogP contribution is 2.18. The lowest BCUT2D eigenvalue weighted by Crippen LogP contribution is -2.27. The monoisotopic (exact) mass is 220 g/mol. The van der Waals surface area contributed by atoms with E-state index in [4.69, 9.17) is 5.73 Å². The number of rotatable bonds is 5. The van der Waals surface area contributed by atoms with Crippen LogP contribution in [0.15, 0.2) is 24.3 Å². The van der Waals surface area contributed by atoms with Gasteiger partial charge in [0.25, 0.3) is 0 Å². The van der Waals surface area contributed by atoms with Crippen LogP contribution in [0.5, 0.6) is 0 Å². The van der Waals surface area contributed by atoms with Crippen molar-refractivity contribution in [2.45, 2.75) is 33.7 Å². The summed E-state index contributed by atoms with van der Waals surface area (Å²) in [4.78, 5) is 2.40. The zero-order chi connectivity index (χ0) is 12.1. The highest BCUT2D eigenvalue weighted by Gasteiger charge is 2.07. The van der Waals surface area contributed by atoms with Crippen LogP contribution in [0.2, 0.25) is 0 Å². The van der Waals surface area contributed by atoms with Crippen molar-refractivity contribution in [1.29, 1.82) is 0 Å². The summed E-state index contributed by atoms with van der Waals surface area (Å²) >= 11 is 0. The van der Waals surface area contributed by atoms with Crippen molar-refractivity contribution in [2.75, 3.05) is 18.0 Å². The molecular formula is C14H24N2. The van der Waals surface area contributed by atoms with Crippen LogP contribution in [0.4, 0.5) is 5.69 Å². The molecule has 1 aromatic rings. The number of benzene rings is 1. The minimum Gasteiger partial charge on any atom is -0.372 e. The molecule has 1 rings (SSSR count). The second-order valence-electron chi connectivity index (χ2n) is 4.81. The zero-order valence-electron chi connectivity index (χ0n) is 10.9. The minimum absolute atomic E-state index is 0.120. The van der Waals surface area contributed by atoms with Gasteiger partial charge in [-0.3, -0.25) is 0 Å². The molecule has 1 aromatic carbocycles. The van der Waals surface area contributed by atoms with Gasteiger partial charge < -0.3 is 10.6 Å². The fourth-order valence-corrected chi connectivity index (χ4v) is 1.85. The molecule has 0 spiro atoms. The Kier molecular flexibility index (Phi) is 4.81. The average Bonchev–Trinajstić information content (AvgIpc) is 2.25. The van der Waals surface area contributed by atoms with Gasteiger partial charge in [0.05, 0.1) is 0 Å². The topological polar surface area (TPSA) is 29.3 Å². The van der Waals surface area contributed by atoms with Gasteiger partial charge in [0, 0.05) is 24.8 Å². The smallest absolute Gasteiger partial charge is 0.0366 e. The first kappa shape index (κ1) is 13.0. The van der Waals surface area contributed by atoms with Crippen LogP contribution in [0.25, 0.3) is 0 Å². The van der Waals surface area contributed by atoms with E-state index in [0.29, 0.717) is 5.92 Å². The molecular weight excluding hydrogens is 196 g/mol. The summed E-state index contributed by atoms with van der Waals surface area (Å²) in [5, 5.41) is 0. The summed E-state index contributed by atoms with van der Waals surface area (Å²) in [6.45, 7) is 10.9. The first-order valence-electron chi connectivity index (χ1n) is 6.15. The van der Waals surface area contributed by atoms with E-state index in [1.807, 2.05) is 6.92 Å². The summed E-state index contributed by atoms with van der Waals surface area (Å²) in [5.74, 6) is 0.688. The van der Waals surface area contributed by atoms with Gasteiger partial charge in [0.2, 0.25) is 0 Å². The zero-order valence-corrected chi connectivity index (χ0v) is 10.9. The first-order valence-corrected chi connectivity index (χ1v) is 6.15. The Morgan fingerprint density at radius 1 is 1.12 bits per heavy atom. The van der Waals surface area contributed by atoms with Crippen molar-refractivity contribution in [3.05, 3.63) is 29.8 Å². The van der Waals surface area contributed by atoms with Crippen molar-refractivity contribution in [2.24, 2.45) is 11.7 Å². The fraction of sp³-hybridized carbons (Fsp3) is 0.571. The summed E-state index contributed by atoms with van der Waals surface area (Å²) in [7, 11) is 0. The number of hydrogen-bond donors (Lipinski definition) is 1. The first-order chi connectivity index (χ1) is 7.54. The molecule has 0 saturated carbocycles. The molecule has 2 heteroatoms. The molecule has 0 aliphatic heterocycles. The van der Waals surface area contributed by atoms with E-state index in [0.717, 1.165) is 13.1 Å². The third kappa shape index (κ3) is 3.53. The van der Waals surface area contributed by atoms with Crippen LogP contribution in [0.1, 0.15) is 39.3 Å². The second-order valence-corrected chi connectivity index (χ2v) is 4.81. The highest BCUT2D eigenvalue weighted by atomic mass is 15.1. The lowest BCUT2D eigenvalue weighted by atomic mass is 10.1. The van der Waals surface area contributed by atoms with E-state index in [1.165, 1.54) is 11.3 Å². The maximum Gasteiger partial charge on any atom is 0.0366 e. The highest BCUT2D eigenvalue weighted by molar-refractivity contribution is 5.47. The van der Waals surface area contributed by atoms with Gasteiger partial charge in [0.1, 0.15) is 0 Å². The average molecular weight is 220 g/mol. The predicted octanol–water partition coefficient (Wildman–Crippen LogP) is 3.19. The van der Waals surface area contributed by atoms with Gasteiger partial charge in [-0.1, -0.05) is 26.0 Å². The third-order valence-corrected chi connectivity index (χ3v) is 2.75. The molecule has 0 heterocycles. The largest absolute Gasteiger partial charge is 0.372 e. The van der Waals surface area contributed by atoms with E-state index < -0.39 is 0 Å². The van der Waals surface area contributed by atoms with E-state index >= 15 is 0 Å². The van der Waals surface area contributed by atoms with Crippen LogP contribution in [0, 0.1) is 5.92 Å². The summed E-state index contributed by atoms with van der Waals surface area (Å²) in [6.07, 6.45) is 0. The number of nitrogens with two attached hydrogens (primary N) is 1. The quantitative estimate of drug-likeness (QED) is 0.825. The molecule has 0 aliphatic rings. The summed E-state index contributed by atoms with van der Waals surface area (Å²) in [5.41, 5.74) is 8.33. The van der Waals surface area contributed by atoms with Crippen molar-refractivity contribution in [3.63, 3.8) is 0 Å². The van der Waals surface area contributed by atoms with E-state index in [1.54, 1.807) is 0 Å². The molecule has 0 fully saturated rings. The van der Waals surface area contributed by atoms with Crippen molar-refractivity contribution in [1.82, 2.24) is 0 Å². The van der Waals surface area contributed by atoms with Gasteiger partial charge in [-0.2, -0.15) is 0 Å². The molecule has 2 N–H and O–H groups in total. The van der Waals surface area contributed by atoms with Crippen molar-refractivity contribution < 1.29 is 0 Å². The molecule has 90 valence electrons. The number of hydrogen-bond acceptors (Lipinski definition) is 2. The Morgan fingerprint density at radius 3 is 2.06 bits per heavy atom. The molecule has 2 nitrogen and oxygen atoms in total. The molecule has 0 saturated heterocycles. The number of nitrogens with zero attached hydrogens (tertiary/aromatic N) is 1.